The van der Waals surface area contributed by atoms with E-state index in [1.807, 2.05) is 14.1 Å². The van der Waals surface area contributed by atoms with Crippen molar-refractivity contribution < 1.29 is 0 Å². The molecule has 0 aromatic heterocycles. The van der Waals surface area contributed by atoms with Crippen LogP contribution in [-0.2, 0) is 0 Å². The Morgan fingerprint density at radius 1 is 0.933 bits per heavy atom. The molecule has 15 heavy (non-hydrogen) atoms. The molecule has 0 spiro atoms. The van der Waals surface area contributed by atoms with Crippen molar-refractivity contribution in [1.82, 2.24) is 19.9 Å². The lowest BCUT2D eigenvalue weighted by Crippen LogP contribution is -2.79. The van der Waals surface area contributed by atoms with Crippen LogP contribution in [0.2, 0.25) is 25.7 Å². The highest BCUT2D eigenvalue weighted by Crippen LogP contribution is 2.06. The fourth-order valence-electron chi connectivity index (χ4n) is 1.43. The normalized spacial score (nSPS) is 13.2. The summed E-state index contributed by atoms with van der Waals surface area (Å²) >= 11 is 0. The van der Waals surface area contributed by atoms with Gasteiger partial charge >= 0.3 is 8.72 Å². The zero-order chi connectivity index (χ0) is 11.9. The van der Waals surface area contributed by atoms with Crippen LogP contribution >= 0.6 is 0 Å². The van der Waals surface area contributed by atoms with E-state index in [-0.39, 0.29) is 0 Å². The number of hydrogen-bond acceptors (Lipinski definition) is 4. The van der Waals surface area contributed by atoms with E-state index in [0.29, 0.717) is 0 Å². The van der Waals surface area contributed by atoms with Crippen LogP contribution in [0.3, 0.4) is 0 Å². The number of hydrogen-bond donors (Lipinski definition) is 4. The van der Waals surface area contributed by atoms with Gasteiger partial charge in [0.2, 0.25) is 0 Å². The van der Waals surface area contributed by atoms with Crippen molar-refractivity contribution in [1.29, 1.82) is 0 Å². The quantitative estimate of drug-likeness (QED) is 0.470. The molecule has 6 heteroatoms. The summed E-state index contributed by atoms with van der Waals surface area (Å²) in [5.41, 5.74) is 0. The molecule has 0 saturated carbocycles. The van der Waals surface area contributed by atoms with E-state index in [1.54, 1.807) is 0 Å². The summed E-state index contributed by atoms with van der Waals surface area (Å²) in [6, 6.07) is 1.32. The maximum absolute atomic E-state index is 3.63. The van der Waals surface area contributed by atoms with Crippen LogP contribution in [0.25, 0.3) is 0 Å². The van der Waals surface area contributed by atoms with Crippen molar-refractivity contribution in [2.24, 2.45) is 0 Å². The Labute approximate surface area is 96.9 Å². The minimum Gasteiger partial charge on any atom is -0.303 e. The maximum atomic E-state index is 3.63. The van der Waals surface area contributed by atoms with E-state index < -0.39 is 16.8 Å². The zero-order valence-corrected chi connectivity index (χ0v) is 13.1. The lowest BCUT2D eigenvalue weighted by Gasteiger charge is -2.31. The molecule has 0 unspecified atom stereocenters. The Morgan fingerprint density at radius 2 is 1.47 bits per heavy atom. The molecule has 0 heterocycles. The summed E-state index contributed by atoms with van der Waals surface area (Å²) in [4.78, 5) is 13.9. The first-order valence-corrected chi connectivity index (χ1v) is 11.5. The molecule has 0 fully saturated rings. The molecule has 0 aliphatic carbocycles. The summed E-state index contributed by atoms with van der Waals surface area (Å²) in [6.45, 7) is 11.4. The fraction of sp³-hybridized carbons (Fsp3) is 1.00. The van der Waals surface area contributed by atoms with E-state index in [4.69, 9.17) is 0 Å². The average Bonchev–Trinajstić information content (AvgIpc) is 2.14. The predicted octanol–water partition coefficient (Wildman–Crippen LogP) is 0.398. The van der Waals surface area contributed by atoms with Crippen molar-refractivity contribution >= 4 is 16.8 Å². The first-order valence-electron chi connectivity index (χ1n) is 5.77. The van der Waals surface area contributed by atoms with Crippen LogP contribution in [0.4, 0.5) is 0 Å². The van der Waals surface area contributed by atoms with Crippen LogP contribution < -0.4 is 19.9 Å². The Morgan fingerprint density at radius 3 is 1.80 bits per heavy atom. The van der Waals surface area contributed by atoms with Gasteiger partial charge in [-0.3, -0.25) is 0 Å². The first-order chi connectivity index (χ1) is 6.89. The molecular formula is C9H28N4Si2. The van der Waals surface area contributed by atoms with Crippen LogP contribution in [0.15, 0.2) is 0 Å². The predicted molar refractivity (Wildman–Crippen MR) is 73.7 cm³/mol. The van der Waals surface area contributed by atoms with Crippen molar-refractivity contribution in [2.75, 3.05) is 27.2 Å². The Hall–Kier alpha value is 0.274. The van der Waals surface area contributed by atoms with E-state index in [2.05, 4.69) is 46.5 Å². The van der Waals surface area contributed by atoms with E-state index in [0.717, 1.165) is 13.1 Å². The van der Waals surface area contributed by atoms with Crippen molar-refractivity contribution in [3.05, 3.63) is 0 Å². The summed E-state index contributed by atoms with van der Waals surface area (Å²) in [5.74, 6) is 0. The average molecular weight is 249 g/mol. The van der Waals surface area contributed by atoms with Gasteiger partial charge in [0.25, 0.3) is 0 Å². The number of nitrogens with one attached hydrogen (secondary N) is 4. The third kappa shape index (κ3) is 6.44. The molecule has 0 radical (unpaired) electrons. The third-order valence-corrected chi connectivity index (χ3v) is 7.37. The molecule has 0 aromatic rings. The standard InChI is InChI=1S/C9H28N4Si2/c1-7-12-15(10-2,11-3)13-8-9-14(4,5)6/h10-13H,7-9H2,1-6H3. The highest BCUT2D eigenvalue weighted by atomic mass is 28.4. The minimum atomic E-state index is -1.82. The van der Waals surface area contributed by atoms with Gasteiger partial charge in [-0.25, -0.2) is 0 Å². The van der Waals surface area contributed by atoms with Gasteiger partial charge < -0.3 is 19.9 Å². The monoisotopic (exact) mass is 248 g/mol. The molecule has 4 nitrogen and oxygen atoms in total. The minimum absolute atomic E-state index is 0.929. The Bertz CT molecular complexity index is 166. The number of rotatable bonds is 8. The molecule has 0 aliphatic rings. The van der Waals surface area contributed by atoms with Gasteiger partial charge in [-0.1, -0.05) is 26.6 Å². The van der Waals surface area contributed by atoms with Crippen LogP contribution in [0.1, 0.15) is 6.92 Å². The van der Waals surface area contributed by atoms with Crippen LogP contribution in [0.5, 0.6) is 0 Å². The SMILES string of the molecule is CCN[Si](NC)(NC)NCC[Si](C)(C)C. The highest BCUT2D eigenvalue weighted by Gasteiger charge is 2.30. The van der Waals surface area contributed by atoms with Gasteiger partial charge in [0.15, 0.2) is 0 Å². The Balaban J connectivity index is 4.06. The molecule has 4 N–H and O–H groups in total. The van der Waals surface area contributed by atoms with Gasteiger partial charge in [-0.2, -0.15) is 0 Å². The van der Waals surface area contributed by atoms with Crippen LogP contribution in [0, 0.1) is 0 Å². The second-order valence-corrected chi connectivity index (χ2v) is 13.8. The summed E-state index contributed by atoms with van der Waals surface area (Å²) in [7, 11) is 1.26. The molecule has 0 saturated heterocycles. The molecule has 0 rings (SSSR count). The van der Waals surface area contributed by atoms with Gasteiger partial charge in [0.05, 0.1) is 0 Å². The largest absolute Gasteiger partial charge is 0.365 e. The molecule has 0 amide bonds. The smallest absolute Gasteiger partial charge is 0.303 e. The summed E-state index contributed by atoms with van der Waals surface area (Å²) < 4.78 is 0. The molecule has 92 valence electrons. The van der Waals surface area contributed by atoms with Gasteiger partial charge in [0.1, 0.15) is 0 Å². The molecule has 0 atom stereocenters. The molecule has 0 aliphatic heterocycles. The lowest BCUT2D eigenvalue weighted by atomic mass is 10.8. The topological polar surface area (TPSA) is 48.1 Å². The van der Waals surface area contributed by atoms with E-state index in [9.17, 15) is 0 Å². The zero-order valence-electron chi connectivity index (χ0n) is 11.1. The fourth-order valence-corrected chi connectivity index (χ4v) is 4.67. The van der Waals surface area contributed by atoms with Gasteiger partial charge in [0, 0.05) is 8.07 Å². The van der Waals surface area contributed by atoms with Gasteiger partial charge in [-0.15, -0.1) is 0 Å². The lowest BCUT2D eigenvalue weighted by molar-refractivity contribution is 0.756. The molecule has 0 aromatic carbocycles. The first kappa shape index (κ1) is 15.3. The van der Waals surface area contributed by atoms with Crippen LogP contribution in [-0.4, -0.2) is 44.0 Å². The third-order valence-electron chi connectivity index (χ3n) is 2.46. The van der Waals surface area contributed by atoms with E-state index in [1.165, 1.54) is 6.04 Å². The molecular weight excluding hydrogens is 220 g/mol. The van der Waals surface area contributed by atoms with Crippen molar-refractivity contribution in [2.45, 2.75) is 32.6 Å². The molecule has 0 bridgehead atoms. The maximum Gasteiger partial charge on any atom is 0.365 e. The second-order valence-electron chi connectivity index (χ2n) is 5.02. The Kier molecular flexibility index (Phi) is 6.89. The second kappa shape index (κ2) is 6.77. The summed E-state index contributed by atoms with van der Waals surface area (Å²) in [6.07, 6.45) is 0. The highest BCUT2D eigenvalue weighted by molar-refractivity contribution is 6.76. The van der Waals surface area contributed by atoms with E-state index >= 15 is 0 Å². The van der Waals surface area contributed by atoms with Crippen molar-refractivity contribution in [3.8, 4) is 0 Å². The summed E-state index contributed by atoms with van der Waals surface area (Å²) in [5, 5.41) is 0. The van der Waals surface area contributed by atoms with Gasteiger partial charge in [-0.05, 0) is 33.2 Å². The van der Waals surface area contributed by atoms with Crippen molar-refractivity contribution in [3.63, 3.8) is 0 Å².